The molecule has 32 heavy (non-hydrogen) atoms. The number of methoxy groups -OCH3 is 2. The lowest BCUT2D eigenvalue weighted by Crippen LogP contribution is -2.40. The molecule has 166 valence electrons. The number of carbonyl (C=O) groups is 1. The Labute approximate surface area is 188 Å². The van der Waals surface area contributed by atoms with Crippen LogP contribution < -0.4 is 24.4 Å². The van der Waals surface area contributed by atoms with Crippen molar-refractivity contribution in [2.45, 2.75) is 19.9 Å². The molecule has 1 atom stereocenters. The molecule has 0 saturated carbocycles. The van der Waals surface area contributed by atoms with Crippen molar-refractivity contribution in [3.05, 3.63) is 78.7 Å². The number of benzene rings is 1. The number of fused-ring (bicyclic) bond motifs is 1. The smallest absolute Gasteiger partial charge is 0.338 e. The summed E-state index contributed by atoms with van der Waals surface area (Å²) < 4.78 is 18.3. The molecule has 0 amide bonds. The molecule has 8 nitrogen and oxygen atoms in total. The number of hydrogen-bond acceptors (Lipinski definition) is 7. The quantitative estimate of drug-likeness (QED) is 0.577. The van der Waals surface area contributed by atoms with Gasteiger partial charge in [-0.15, -0.1) is 0 Å². The third kappa shape index (κ3) is 3.75. The van der Waals surface area contributed by atoms with Crippen LogP contribution >= 0.6 is 11.3 Å². The van der Waals surface area contributed by atoms with E-state index in [0.717, 1.165) is 5.69 Å². The lowest BCUT2D eigenvalue weighted by Gasteiger charge is -2.26. The first-order valence-corrected chi connectivity index (χ1v) is 10.8. The molecule has 0 spiro atoms. The van der Waals surface area contributed by atoms with E-state index in [4.69, 9.17) is 14.2 Å². The minimum absolute atomic E-state index is 0.203. The summed E-state index contributed by atoms with van der Waals surface area (Å²) in [5.74, 6) is 0.570. The number of nitrogens with one attached hydrogen (secondary N) is 1. The van der Waals surface area contributed by atoms with Crippen LogP contribution in [0, 0.1) is 0 Å². The number of hydrogen-bond donors (Lipinski definition) is 1. The van der Waals surface area contributed by atoms with Gasteiger partial charge in [0.15, 0.2) is 4.80 Å². The van der Waals surface area contributed by atoms with E-state index in [-0.39, 0.29) is 17.7 Å². The van der Waals surface area contributed by atoms with E-state index < -0.39 is 12.0 Å². The minimum atomic E-state index is -0.777. The SMILES string of the molecule is CCOC(=O)C1=C(C)N=c2sc(=Cc3ccc[nH]3)c(=O)n2C1c1cc(OC)ccc1OC. The van der Waals surface area contributed by atoms with E-state index in [2.05, 4.69) is 9.98 Å². The van der Waals surface area contributed by atoms with Crippen molar-refractivity contribution in [3.8, 4) is 11.5 Å². The molecule has 9 heteroatoms. The van der Waals surface area contributed by atoms with Gasteiger partial charge in [0.1, 0.15) is 17.5 Å². The van der Waals surface area contributed by atoms with Gasteiger partial charge in [-0.2, -0.15) is 0 Å². The fourth-order valence-corrected chi connectivity index (χ4v) is 4.75. The molecule has 1 aliphatic heterocycles. The number of ether oxygens (including phenoxy) is 3. The highest BCUT2D eigenvalue weighted by molar-refractivity contribution is 7.07. The van der Waals surface area contributed by atoms with Crippen LogP contribution in [0.4, 0.5) is 0 Å². The zero-order valence-corrected chi connectivity index (χ0v) is 19.0. The van der Waals surface area contributed by atoms with Crippen molar-refractivity contribution in [2.24, 2.45) is 4.99 Å². The van der Waals surface area contributed by atoms with Gasteiger partial charge in [-0.1, -0.05) is 11.3 Å². The third-order valence-corrected chi connectivity index (χ3v) is 6.14. The van der Waals surface area contributed by atoms with Gasteiger partial charge in [0.25, 0.3) is 5.56 Å². The largest absolute Gasteiger partial charge is 0.497 e. The molecule has 0 aliphatic carbocycles. The zero-order valence-electron chi connectivity index (χ0n) is 18.2. The average molecular weight is 454 g/mol. The van der Waals surface area contributed by atoms with Gasteiger partial charge in [0, 0.05) is 17.5 Å². The standard InChI is InChI=1S/C23H23N3O5S/c1-5-31-22(28)19-13(2)25-23-26(21(27)18(32-23)11-14-7-6-10-24-14)20(19)16-12-15(29-3)8-9-17(16)30-4/h6-12,20,24H,5H2,1-4H3. The molecule has 0 saturated heterocycles. The van der Waals surface area contributed by atoms with E-state index in [1.807, 2.05) is 12.1 Å². The van der Waals surface area contributed by atoms with E-state index >= 15 is 0 Å². The molecule has 0 fully saturated rings. The summed E-state index contributed by atoms with van der Waals surface area (Å²) in [5, 5.41) is 0. The van der Waals surface area contributed by atoms with E-state index in [9.17, 15) is 9.59 Å². The summed E-state index contributed by atoms with van der Waals surface area (Å²) in [6.07, 6.45) is 3.56. The first-order chi connectivity index (χ1) is 15.5. The Morgan fingerprint density at radius 1 is 1.28 bits per heavy atom. The number of allylic oxidation sites excluding steroid dienone is 1. The molecule has 0 bridgehead atoms. The lowest BCUT2D eigenvalue weighted by molar-refractivity contribution is -0.139. The highest BCUT2D eigenvalue weighted by Crippen LogP contribution is 2.37. The second-order valence-electron chi connectivity index (χ2n) is 7.04. The molecule has 3 heterocycles. The number of rotatable bonds is 6. The maximum Gasteiger partial charge on any atom is 0.338 e. The molecule has 0 radical (unpaired) electrons. The molecule has 1 aromatic carbocycles. The van der Waals surface area contributed by atoms with Crippen LogP contribution in [-0.2, 0) is 9.53 Å². The summed E-state index contributed by atoms with van der Waals surface area (Å²) in [6, 6.07) is 8.23. The summed E-state index contributed by atoms with van der Waals surface area (Å²) in [5.41, 5.74) is 1.93. The van der Waals surface area contributed by atoms with Crippen LogP contribution in [0.2, 0.25) is 0 Å². The summed E-state index contributed by atoms with van der Waals surface area (Å²) in [6.45, 7) is 3.68. The van der Waals surface area contributed by atoms with Crippen LogP contribution in [0.15, 0.2) is 57.6 Å². The van der Waals surface area contributed by atoms with Crippen LogP contribution in [0.5, 0.6) is 11.5 Å². The zero-order chi connectivity index (χ0) is 22.8. The van der Waals surface area contributed by atoms with Crippen LogP contribution in [-0.4, -0.2) is 36.3 Å². The van der Waals surface area contributed by atoms with E-state index in [0.29, 0.717) is 32.1 Å². The molecule has 1 N–H and O–H groups in total. The monoisotopic (exact) mass is 453 g/mol. The Hall–Kier alpha value is -3.59. The fraction of sp³-hybridized carbons (Fsp3) is 0.261. The van der Waals surface area contributed by atoms with Gasteiger partial charge in [0.2, 0.25) is 0 Å². The van der Waals surface area contributed by atoms with Gasteiger partial charge in [0.05, 0.1) is 36.6 Å². The van der Waals surface area contributed by atoms with Crippen LogP contribution in [0.1, 0.15) is 31.1 Å². The number of carbonyl (C=O) groups excluding carboxylic acids is 1. The maximum absolute atomic E-state index is 13.5. The molecular weight excluding hydrogens is 430 g/mol. The molecule has 3 aromatic rings. The Balaban J connectivity index is 2.03. The lowest BCUT2D eigenvalue weighted by atomic mass is 9.95. The number of H-pyrrole nitrogens is 1. The Morgan fingerprint density at radius 2 is 2.09 bits per heavy atom. The van der Waals surface area contributed by atoms with Crippen molar-refractivity contribution in [2.75, 3.05) is 20.8 Å². The molecule has 4 rings (SSSR count). The minimum Gasteiger partial charge on any atom is -0.497 e. The van der Waals surface area contributed by atoms with Crippen molar-refractivity contribution >= 4 is 23.4 Å². The van der Waals surface area contributed by atoms with Crippen molar-refractivity contribution in [1.29, 1.82) is 0 Å². The van der Waals surface area contributed by atoms with Gasteiger partial charge in [-0.05, 0) is 50.3 Å². The predicted molar refractivity (Wildman–Crippen MR) is 121 cm³/mol. The molecular formula is C23H23N3O5S. The highest BCUT2D eigenvalue weighted by atomic mass is 32.1. The van der Waals surface area contributed by atoms with Gasteiger partial charge >= 0.3 is 5.97 Å². The normalized spacial score (nSPS) is 15.9. The van der Waals surface area contributed by atoms with Gasteiger partial charge < -0.3 is 19.2 Å². The topological polar surface area (TPSA) is 94.9 Å². The summed E-state index contributed by atoms with van der Waals surface area (Å²) >= 11 is 1.26. The van der Waals surface area contributed by atoms with Crippen molar-refractivity contribution in [1.82, 2.24) is 9.55 Å². The summed E-state index contributed by atoms with van der Waals surface area (Å²) in [4.78, 5) is 34.7. The second-order valence-corrected chi connectivity index (χ2v) is 8.04. The third-order valence-electron chi connectivity index (χ3n) is 5.16. The van der Waals surface area contributed by atoms with E-state index in [1.54, 1.807) is 58.5 Å². The fourth-order valence-electron chi connectivity index (χ4n) is 3.71. The number of thiazole rings is 1. The van der Waals surface area contributed by atoms with E-state index in [1.165, 1.54) is 15.9 Å². The first kappa shape index (κ1) is 21.6. The Bertz CT molecular complexity index is 1370. The average Bonchev–Trinajstić information content (AvgIpc) is 3.40. The second kappa shape index (κ2) is 8.88. The van der Waals surface area contributed by atoms with Gasteiger partial charge in [-0.25, -0.2) is 9.79 Å². The van der Waals surface area contributed by atoms with Gasteiger partial charge in [-0.3, -0.25) is 9.36 Å². The Morgan fingerprint density at radius 3 is 2.75 bits per heavy atom. The Kier molecular flexibility index (Phi) is 6.00. The number of nitrogens with zero attached hydrogens (tertiary/aromatic N) is 2. The number of aromatic amines is 1. The molecule has 1 unspecified atom stereocenters. The first-order valence-electron chi connectivity index (χ1n) is 10.0. The van der Waals surface area contributed by atoms with Crippen molar-refractivity contribution in [3.63, 3.8) is 0 Å². The number of esters is 1. The molecule has 1 aliphatic rings. The van der Waals surface area contributed by atoms with Crippen molar-refractivity contribution < 1.29 is 19.0 Å². The predicted octanol–water partition coefficient (Wildman–Crippen LogP) is 2.14. The highest BCUT2D eigenvalue weighted by Gasteiger charge is 2.35. The van der Waals surface area contributed by atoms with Crippen LogP contribution in [0.3, 0.4) is 0 Å². The van der Waals surface area contributed by atoms with Crippen LogP contribution in [0.25, 0.3) is 6.08 Å². The maximum atomic E-state index is 13.5. The molecule has 2 aromatic heterocycles. The summed E-state index contributed by atoms with van der Waals surface area (Å²) in [7, 11) is 3.10. The number of aromatic nitrogens is 2.